The summed E-state index contributed by atoms with van der Waals surface area (Å²) in [5.41, 5.74) is 10.3. The molecule has 0 bridgehead atoms. The van der Waals surface area contributed by atoms with Crippen molar-refractivity contribution >= 4 is 11.6 Å². The van der Waals surface area contributed by atoms with Gasteiger partial charge in [0, 0.05) is 30.1 Å². The van der Waals surface area contributed by atoms with Crippen LogP contribution in [0, 0.1) is 12.8 Å². The van der Waals surface area contributed by atoms with Crippen LogP contribution < -0.4 is 5.73 Å². The Kier molecular flexibility index (Phi) is 6.45. The Morgan fingerprint density at radius 3 is 2.72 bits per heavy atom. The second-order valence-electron chi connectivity index (χ2n) is 8.46. The molecule has 2 aliphatic rings. The topological polar surface area (TPSA) is 58.7 Å². The van der Waals surface area contributed by atoms with E-state index in [2.05, 4.69) is 23.1 Å². The summed E-state index contributed by atoms with van der Waals surface area (Å²) in [4.78, 5) is 2.54. The first-order valence-corrected chi connectivity index (χ1v) is 11.1. The third-order valence-corrected chi connectivity index (χ3v) is 6.82. The lowest BCUT2D eigenvalue weighted by Gasteiger charge is -2.40. The minimum absolute atomic E-state index is 0.115. The van der Waals surface area contributed by atoms with Gasteiger partial charge in [0.1, 0.15) is 5.75 Å². The number of halogens is 1. The van der Waals surface area contributed by atoms with Gasteiger partial charge in [-0.1, -0.05) is 35.9 Å². The molecule has 0 aromatic heterocycles. The van der Waals surface area contributed by atoms with Gasteiger partial charge < -0.3 is 20.5 Å². The Hall–Kier alpha value is -1.59. The van der Waals surface area contributed by atoms with E-state index in [1.807, 2.05) is 25.1 Å². The van der Waals surface area contributed by atoms with Crippen molar-refractivity contribution in [2.24, 2.45) is 11.7 Å². The Balaban J connectivity index is 1.35. The van der Waals surface area contributed by atoms with Gasteiger partial charge in [0.2, 0.25) is 0 Å². The summed E-state index contributed by atoms with van der Waals surface area (Å²) in [6.07, 6.45) is 4.08. The van der Waals surface area contributed by atoms with Gasteiger partial charge in [0.25, 0.3) is 0 Å². The predicted molar refractivity (Wildman–Crippen MR) is 118 cm³/mol. The van der Waals surface area contributed by atoms with Crippen LogP contribution in [-0.4, -0.2) is 42.3 Å². The second-order valence-corrected chi connectivity index (χ2v) is 8.90. The molecule has 2 aliphatic heterocycles. The van der Waals surface area contributed by atoms with Gasteiger partial charge in [-0.3, -0.25) is 0 Å². The number of rotatable bonds is 5. The van der Waals surface area contributed by atoms with Gasteiger partial charge in [0.15, 0.2) is 0 Å². The highest BCUT2D eigenvalue weighted by molar-refractivity contribution is 6.30. The van der Waals surface area contributed by atoms with Gasteiger partial charge in [-0.2, -0.15) is 0 Å². The molecule has 29 heavy (non-hydrogen) atoms. The summed E-state index contributed by atoms with van der Waals surface area (Å²) >= 11 is 6.10. The first-order chi connectivity index (χ1) is 14.0. The van der Waals surface area contributed by atoms with Crippen LogP contribution >= 0.6 is 11.6 Å². The molecule has 2 heterocycles. The largest absolute Gasteiger partial charge is 0.507 e. The van der Waals surface area contributed by atoms with Crippen LogP contribution in [0.3, 0.4) is 0 Å². The first kappa shape index (κ1) is 20.7. The van der Waals surface area contributed by atoms with Gasteiger partial charge in [-0.05, 0) is 74.0 Å². The number of nitrogens with two attached hydrogens (primary N) is 1. The van der Waals surface area contributed by atoms with Crippen molar-refractivity contribution in [2.75, 3.05) is 26.2 Å². The summed E-state index contributed by atoms with van der Waals surface area (Å²) in [6, 6.07) is 12.2. The normalized spacial score (nSPS) is 23.1. The lowest BCUT2D eigenvalue weighted by molar-refractivity contribution is -0.0646. The molecule has 3 N–H and O–H groups in total. The van der Waals surface area contributed by atoms with Crippen molar-refractivity contribution in [3.8, 4) is 5.75 Å². The molecule has 156 valence electrons. The fourth-order valence-electron chi connectivity index (χ4n) is 4.81. The van der Waals surface area contributed by atoms with Crippen LogP contribution in [0.1, 0.15) is 41.2 Å². The molecule has 4 rings (SSSR count). The van der Waals surface area contributed by atoms with Crippen LogP contribution in [-0.2, 0) is 17.6 Å². The number of benzene rings is 2. The molecule has 0 saturated carbocycles. The second kappa shape index (κ2) is 9.05. The number of phenols is 1. The summed E-state index contributed by atoms with van der Waals surface area (Å²) in [6.45, 7) is 5.64. The van der Waals surface area contributed by atoms with Crippen molar-refractivity contribution in [1.29, 1.82) is 0 Å². The zero-order valence-electron chi connectivity index (χ0n) is 17.1. The van der Waals surface area contributed by atoms with E-state index in [1.54, 1.807) is 0 Å². The van der Waals surface area contributed by atoms with Gasteiger partial charge in [0.05, 0.1) is 12.2 Å². The van der Waals surface area contributed by atoms with Crippen LogP contribution in [0.4, 0.5) is 0 Å². The summed E-state index contributed by atoms with van der Waals surface area (Å²) in [7, 11) is 0. The zero-order valence-corrected chi connectivity index (χ0v) is 17.9. The maximum Gasteiger partial charge on any atom is 0.122 e. The monoisotopic (exact) mass is 414 g/mol. The molecule has 0 unspecified atom stereocenters. The van der Waals surface area contributed by atoms with E-state index in [-0.39, 0.29) is 12.2 Å². The molecular weight excluding hydrogens is 384 g/mol. The van der Waals surface area contributed by atoms with Crippen molar-refractivity contribution in [3.63, 3.8) is 0 Å². The van der Waals surface area contributed by atoms with Gasteiger partial charge in [-0.15, -0.1) is 0 Å². The van der Waals surface area contributed by atoms with E-state index in [0.29, 0.717) is 18.2 Å². The first-order valence-electron chi connectivity index (χ1n) is 10.7. The van der Waals surface area contributed by atoms with Crippen molar-refractivity contribution in [2.45, 2.75) is 44.8 Å². The molecule has 4 nitrogen and oxygen atoms in total. The smallest absolute Gasteiger partial charge is 0.122 e. The molecule has 5 heteroatoms. The molecule has 0 spiro atoms. The quantitative estimate of drug-likeness (QED) is 0.767. The maximum absolute atomic E-state index is 10.6. The number of aromatic hydroxyl groups is 1. The lowest BCUT2D eigenvalue weighted by Crippen LogP contribution is -2.42. The number of aryl methyl sites for hydroxylation is 1. The van der Waals surface area contributed by atoms with E-state index in [4.69, 9.17) is 22.1 Å². The number of nitrogens with zero attached hydrogens (tertiary/aromatic N) is 1. The molecular formula is C24H31ClN2O2. The maximum atomic E-state index is 10.6. The van der Waals surface area contributed by atoms with E-state index in [1.165, 1.54) is 5.56 Å². The number of likely N-dealkylation sites (tertiary alicyclic amines) is 1. The van der Waals surface area contributed by atoms with Crippen molar-refractivity contribution in [3.05, 3.63) is 63.7 Å². The molecule has 1 fully saturated rings. The Morgan fingerprint density at radius 1 is 1.21 bits per heavy atom. The molecule has 0 aliphatic carbocycles. The van der Waals surface area contributed by atoms with E-state index in [9.17, 15) is 5.11 Å². The number of ether oxygens (including phenoxy) is 1. The lowest BCUT2D eigenvalue weighted by atomic mass is 9.83. The van der Waals surface area contributed by atoms with Gasteiger partial charge >= 0.3 is 0 Å². The molecule has 2 atom stereocenters. The number of piperidine rings is 1. The Morgan fingerprint density at radius 2 is 2.00 bits per heavy atom. The van der Waals surface area contributed by atoms with Crippen molar-refractivity contribution < 1.29 is 9.84 Å². The Labute approximate surface area is 178 Å². The van der Waals surface area contributed by atoms with E-state index >= 15 is 0 Å². The minimum Gasteiger partial charge on any atom is -0.507 e. The SMILES string of the molecule is Cc1ccc2c(c1O)C[C@@H](C1CCN(CCc3cccc(Cl)c3)CC1)O[C@H]2CN. The number of hydrogen-bond acceptors (Lipinski definition) is 4. The predicted octanol–water partition coefficient (Wildman–Crippen LogP) is 4.25. The number of phenolic OH excluding ortho intramolecular Hbond substituents is 1. The molecule has 1 saturated heterocycles. The summed E-state index contributed by atoms with van der Waals surface area (Å²) < 4.78 is 6.40. The van der Waals surface area contributed by atoms with Crippen LogP contribution in [0.15, 0.2) is 36.4 Å². The standard InChI is InChI=1S/C24H31ClN2O2/c1-16-5-6-20-21(24(16)28)14-22(29-23(20)15-26)18-8-11-27(12-9-18)10-7-17-3-2-4-19(25)13-17/h2-6,13,18,22-23,28H,7-12,14-15,26H2,1H3/t22-,23-/m0/s1. The number of hydrogen-bond donors (Lipinski definition) is 2. The Bertz CT molecular complexity index is 849. The highest BCUT2D eigenvalue weighted by Crippen LogP contribution is 2.40. The van der Waals surface area contributed by atoms with Crippen LogP contribution in [0.5, 0.6) is 5.75 Å². The molecule has 2 aromatic rings. The average Bonchev–Trinajstić information content (AvgIpc) is 2.74. The highest BCUT2D eigenvalue weighted by Gasteiger charge is 2.35. The fourth-order valence-corrected chi connectivity index (χ4v) is 5.02. The van der Waals surface area contributed by atoms with E-state index < -0.39 is 0 Å². The third-order valence-electron chi connectivity index (χ3n) is 6.59. The highest BCUT2D eigenvalue weighted by atomic mass is 35.5. The fraction of sp³-hybridized carbons (Fsp3) is 0.500. The van der Waals surface area contributed by atoms with Gasteiger partial charge in [-0.25, -0.2) is 0 Å². The van der Waals surface area contributed by atoms with Crippen molar-refractivity contribution in [1.82, 2.24) is 4.90 Å². The van der Waals surface area contributed by atoms with E-state index in [0.717, 1.165) is 67.0 Å². The molecule has 0 amide bonds. The number of fused-ring (bicyclic) bond motifs is 1. The average molecular weight is 415 g/mol. The molecule has 0 radical (unpaired) electrons. The zero-order chi connectivity index (χ0) is 20.4. The third kappa shape index (κ3) is 4.61. The van der Waals surface area contributed by atoms with Crippen LogP contribution in [0.2, 0.25) is 5.02 Å². The summed E-state index contributed by atoms with van der Waals surface area (Å²) in [5, 5.41) is 11.4. The molecule has 2 aromatic carbocycles. The minimum atomic E-state index is -0.115. The summed E-state index contributed by atoms with van der Waals surface area (Å²) in [5.74, 6) is 0.938. The van der Waals surface area contributed by atoms with Crippen LogP contribution in [0.25, 0.3) is 0 Å².